The molecular formula is C30H68O9. The van der Waals surface area contributed by atoms with Crippen molar-refractivity contribution in [2.45, 2.75) is 106 Å². The number of methoxy groups -OCH3 is 6. The predicted molar refractivity (Wildman–Crippen MR) is 163 cm³/mol. The molecule has 242 valence electrons. The Kier molecular flexibility index (Phi) is 74.0. The molecule has 0 aromatic rings. The van der Waals surface area contributed by atoms with Gasteiger partial charge in [-0.15, -0.1) is 0 Å². The molecule has 0 heterocycles. The van der Waals surface area contributed by atoms with Gasteiger partial charge in [-0.1, -0.05) is 59.8 Å². The molecule has 9 heteroatoms. The van der Waals surface area contributed by atoms with Gasteiger partial charge in [0.15, 0.2) is 5.78 Å². The highest BCUT2D eigenvalue weighted by Crippen LogP contribution is 1.88. The van der Waals surface area contributed by atoms with E-state index in [2.05, 4.69) is 37.2 Å². The van der Waals surface area contributed by atoms with Gasteiger partial charge < -0.3 is 33.2 Å². The van der Waals surface area contributed by atoms with E-state index in [9.17, 15) is 9.59 Å². The van der Waals surface area contributed by atoms with E-state index in [1.165, 1.54) is 53.1 Å². The van der Waals surface area contributed by atoms with Crippen molar-refractivity contribution >= 4 is 11.8 Å². The number of Topliss-reactive ketones (excluding diaryl/α,β-unsaturated/α-hetero) is 1. The molecular weight excluding hydrogens is 504 g/mol. The Morgan fingerprint density at radius 2 is 0.974 bits per heavy atom. The fraction of sp³-hybridized carbons (Fsp3) is 0.933. The maximum absolute atomic E-state index is 10.1. The van der Waals surface area contributed by atoms with Crippen LogP contribution in [0.25, 0.3) is 0 Å². The lowest BCUT2D eigenvalue weighted by Crippen LogP contribution is -2.11. The van der Waals surface area contributed by atoms with Crippen LogP contribution < -0.4 is 0 Å². The molecule has 0 saturated carbocycles. The molecule has 0 aliphatic carbocycles. The zero-order valence-electron chi connectivity index (χ0n) is 28.2. The number of rotatable bonds is 17. The number of carbonyl (C=O) groups excluding carboxylic acids is 2. The molecule has 9 nitrogen and oxygen atoms in total. The van der Waals surface area contributed by atoms with Gasteiger partial charge in [-0.25, -0.2) is 0 Å². The van der Waals surface area contributed by atoms with Crippen molar-refractivity contribution in [1.82, 2.24) is 0 Å². The van der Waals surface area contributed by atoms with Crippen molar-refractivity contribution in [3.05, 3.63) is 0 Å². The SMILES string of the molecule is CCCCC.CCCCOC.CCCCOC(C)=O.COCC(C)=O.COCC(C)OC.COCCCOC. The Morgan fingerprint density at radius 3 is 1.15 bits per heavy atom. The molecule has 1 atom stereocenters. The summed E-state index contributed by atoms with van der Waals surface area (Å²) in [6.07, 6.45) is 9.77. The number of carbonyl (C=O) groups is 2. The zero-order chi connectivity index (χ0) is 31.6. The second-order valence-corrected chi connectivity index (χ2v) is 8.37. The van der Waals surface area contributed by atoms with Crippen LogP contribution >= 0.6 is 0 Å². The first kappa shape index (κ1) is 50.7. The third-order valence-electron chi connectivity index (χ3n) is 4.06. The van der Waals surface area contributed by atoms with E-state index in [0.29, 0.717) is 13.2 Å². The minimum atomic E-state index is -0.182. The standard InChI is InChI=1S/C6H12O2.2C5H12O2.C5H12O.C5H12.C4H8O2/c1-3-4-5-8-6(2)7;1-5(7-3)4-6-2;1-6-4-3-5-7-2;1-3-4-5-6-2;1-3-5-4-2;1-4(5)3-6-2/h3-5H2,1-2H3;5H,4H2,1-3H3;3-5H2,1-2H3;3-5H2,1-2H3;3-5H2,1-2H3;3H2,1-2H3. The Morgan fingerprint density at radius 1 is 0.564 bits per heavy atom. The van der Waals surface area contributed by atoms with E-state index >= 15 is 0 Å². The predicted octanol–water partition coefficient (Wildman–Crippen LogP) is 6.54. The van der Waals surface area contributed by atoms with Gasteiger partial charge >= 0.3 is 5.97 Å². The third-order valence-corrected chi connectivity index (χ3v) is 4.06. The van der Waals surface area contributed by atoms with Gasteiger partial charge in [-0.2, -0.15) is 0 Å². The summed E-state index contributed by atoms with van der Waals surface area (Å²) < 4.78 is 33.0. The van der Waals surface area contributed by atoms with Crippen LogP contribution in [0, 0.1) is 0 Å². The highest BCUT2D eigenvalue weighted by molar-refractivity contribution is 5.76. The number of unbranched alkanes of at least 4 members (excludes halogenated alkanes) is 4. The number of hydrogen-bond donors (Lipinski definition) is 0. The smallest absolute Gasteiger partial charge is 0.302 e. The topological polar surface area (TPSA) is 98.8 Å². The molecule has 0 saturated heterocycles. The first-order chi connectivity index (χ1) is 18.6. The summed E-state index contributed by atoms with van der Waals surface area (Å²) in [7, 11) is 9.95. The van der Waals surface area contributed by atoms with Gasteiger partial charge in [-0.05, 0) is 33.1 Å². The molecule has 0 aromatic carbocycles. The molecule has 0 rings (SSSR count). The fourth-order valence-corrected chi connectivity index (χ4v) is 1.86. The number of ether oxygens (including phenoxy) is 7. The van der Waals surface area contributed by atoms with E-state index in [4.69, 9.17) is 23.7 Å². The first-order valence-corrected chi connectivity index (χ1v) is 14.2. The minimum Gasteiger partial charge on any atom is -0.466 e. The molecule has 0 aliphatic heterocycles. The van der Waals surface area contributed by atoms with Crippen molar-refractivity contribution in [2.24, 2.45) is 0 Å². The van der Waals surface area contributed by atoms with Crippen LogP contribution in [0.2, 0.25) is 0 Å². The molecule has 39 heavy (non-hydrogen) atoms. The van der Waals surface area contributed by atoms with E-state index < -0.39 is 0 Å². The Hall–Kier alpha value is -1.10. The zero-order valence-corrected chi connectivity index (χ0v) is 28.2. The van der Waals surface area contributed by atoms with Crippen molar-refractivity contribution in [2.75, 3.05) is 82.3 Å². The third kappa shape index (κ3) is 103. The summed E-state index contributed by atoms with van der Waals surface area (Å²) in [5, 5.41) is 0. The minimum absolute atomic E-state index is 0.0671. The average Bonchev–Trinajstić information content (AvgIpc) is 2.90. The van der Waals surface area contributed by atoms with Gasteiger partial charge in [0.1, 0.15) is 6.61 Å². The van der Waals surface area contributed by atoms with Crippen molar-refractivity contribution in [3.63, 3.8) is 0 Å². The summed E-state index contributed by atoms with van der Waals surface area (Å²) in [6, 6.07) is 0. The van der Waals surface area contributed by atoms with Crippen molar-refractivity contribution in [3.8, 4) is 0 Å². The molecule has 0 bridgehead atoms. The molecule has 0 amide bonds. The normalized spacial score (nSPS) is 9.77. The van der Waals surface area contributed by atoms with Crippen LogP contribution in [0.15, 0.2) is 0 Å². The highest BCUT2D eigenvalue weighted by Gasteiger charge is 1.93. The van der Waals surface area contributed by atoms with Crippen LogP contribution in [0.1, 0.15) is 99.8 Å². The Balaban J connectivity index is -0.0000000843. The van der Waals surface area contributed by atoms with Crippen LogP contribution in [-0.4, -0.2) is 100 Å². The monoisotopic (exact) mass is 572 g/mol. The van der Waals surface area contributed by atoms with Gasteiger partial charge in [0.2, 0.25) is 0 Å². The average molecular weight is 573 g/mol. The van der Waals surface area contributed by atoms with Crippen LogP contribution in [-0.2, 0) is 42.7 Å². The van der Waals surface area contributed by atoms with Gasteiger partial charge in [-0.3, -0.25) is 9.59 Å². The second-order valence-electron chi connectivity index (χ2n) is 8.37. The van der Waals surface area contributed by atoms with Crippen LogP contribution in [0.3, 0.4) is 0 Å². The second kappa shape index (κ2) is 56.9. The fourth-order valence-electron chi connectivity index (χ4n) is 1.86. The van der Waals surface area contributed by atoms with E-state index in [-0.39, 0.29) is 24.5 Å². The van der Waals surface area contributed by atoms with Crippen molar-refractivity contribution < 1.29 is 42.7 Å². The summed E-state index contributed by atoms with van der Waals surface area (Å²) in [5.41, 5.74) is 0. The highest BCUT2D eigenvalue weighted by atomic mass is 16.5. The van der Waals surface area contributed by atoms with Gasteiger partial charge in [0, 0.05) is 69.4 Å². The lowest BCUT2D eigenvalue weighted by Gasteiger charge is -2.05. The van der Waals surface area contributed by atoms with Crippen molar-refractivity contribution in [1.29, 1.82) is 0 Å². The summed E-state index contributed by atoms with van der Waals surface area (Å²) in [6.45, 7) is 17.5. The first-order valence-electron chi connectivity index (χ1n) is 14.2. The maximum Gasteiger partial charge on any atom is 0.302 e. The summed E-state index contributed by atoms with van der Waals surface area (Å²) in [4.78, 5) is 20.0. The largest absolute Gasteiger partial charge is 0.466 e. The quantitative estimate of drug-likeness (QED) is 0.142. The molecule has 0 fully saturated rings. The summed E-state index contributed by atoms with van der Waals surface area (Å²) >= 11 is 0. The molecule has 0 N–H and O–H groups in total. The maximum atomic E-state index is 10.1. The molecule has 0 radical (unpaired) electrons. The van der Waals surface area contributed by atoms with E-state index in [0.717, 1.165) is 39.1 Å². The lowest BCUT2D eigenvalue weighted by molar-refractivity contribution is -0.141. The Bertz CT molecular complexity index is 385. The van der Waals surface area contributed by atoms with Gasteiger partial charge in [0.25, 0.3) is 0 Å². The number of esters is 1. The van der Waals surface area contributed by atoms with Crippen LogP contribution in [0.4, 0.5) is 0 Å². The van der Waals surface area contributed by atoms with Crippen LogP contribution in [0.5, 0.6) is 0 Å². The molecule has 1 unspecified atom stereocenters. The summed E-state index contributed by atoms with van der Waals surface area (Å²) in [5.74, 6) is -0.115. The molecule has 0 spiro atoms. The number of ketones is 1. The van der Waals surface area contributed by atoms with E-state index in [1.54, 1.807) is 35.5 Å². The Labute approximate surface area is 242 Å². The number of hydrogen-bond acceptors (Lipinski definition) is 9. The molecule has 0 aromatic heterocycles. The lowest BCUT2D eigenvalue weighted by atomic mass is 10.3. The van der Waals surface area contributed by atoms with Gasteiger partial charge in [0.05, 0.1) is 19.3 Å². The molecule has 0 aliphatic rings. The van der Waals surface area contributed by atoms with E-state index in [1.807, 2.05) is 6.92 Å².